The van der Waals surface area contributed by atoms with Crippen LogP contribution < -0.4 is 16.4 Å². The predicted molar refractivity (Wildman–Crippen MR) is 92.9 cm³/mol. The van der Waals surface area contributed by atoms with Crippen molar-refractivity contribution in [2.45, 2.75) is 51.6 Å². The largest absolute Gasteiger partial charge is 0.370 e. The van der Waals surface area contributed by atoms with Crippen molar-refractivity contribution in [1.29, 1.82) is 0 Å². The van der Waals surface area contributed by atoms with Crippen LogP contribution in [0, 0.1) is 0 Å². The van der Waals surface area contributed by atoms with Gasteiger partial charge in [0.25, 0.3) is 0 Å². The van der Waals surface area contributed by atoms with Crippen molar-refractivity contribution in [3.63, 3.8) is 0 Å². The van der Waals surface area contributed by atoms with E-state index in [4.69, 9.17) is 5.73 Å². The molecule has 2 rings (SSSR count). The van der Waals surface area contributed by atoms with Gasteiger partial charge in [-0.15, -0.1) is 0 Å². The van der Waals surface area contributed by atoms with Crippen molar-refractivity contribution in [1.82, 2.24) is 10.3 Å². The summed E-state index contributed by atoms with van der Waals surface area (Å²) in [5.41, 5.74) is 7.12. The Morgan fingerprint density at radius 3 is 2.68 bits per heavy atom. The van der Waals surface area contributed by atoms with Crippen LogP contribution in [-0.2, 0) is 6.54 Å². The van der Waals surface area contributed by atoms with E-state index in [1.165, 1.54) is 0 Å². The van der Waals surface area contributed by atoms with Crippen LogP contribution in [0.1, 0.15) is 45.1 Å². The Morgan fingerprint density at radius 1 is 1.23 bits per heavy atom. The lowest BCUT2D eigenvalue weighted by Gasteiger charge is -2.26. The Kier molecular flexibility index (Phi) is 5.95. The molecule has 0 saturated heterocycles. The number of nitrogens with one attached hydrogen (secondary N) is 2. The maximum atomic E-state index is 6.26. The minimum atomic E-state index is -0.270. The van der Waals surface area contributed by atoms with E-state index < -0.39 is 0 Å². The average Bonchev–Trinajstić information content (AvgIpc) is 2.53. The van der Waals surface area contributed by atoms with E-state index in [2.05, 4.69) is 46.6 Å². The Bertz CT molecular complexity index is 520. The number of hydrogen-bond acceptors (Lipinski definition) is 5. The summed E-state index contributed by atoms with van der Waals surface area (Å²) >= 11 is 0. The van der Waals surface area contributed by atoms with Gasteiger partial charge in [-0.05, 0) is 37.0 Å². The lowest BCUT2D eigenvalue weighted by atomic mass is 9.91. The Labute approximate surface area is 133 Å². The molecule has 1 aliphatic rings. The number of nitrogens with two attached hydrogens (primary N) is 1. The van der Waals surface area contributed by atoms with Gasteiger partial charge in [-0.1, -0.05) is 26.3 Å². The highest BCUT2D eigenvalue weighted by atomic mass is 15.0. The van der Waals surface area contributed by atoms with Crippen LogP contribution >= 0.6 is 0 Å². The molecule has 0 aliphatic carbocycles. The first-order valence-electron chi connectivity index (χ1n) is 8.12. The molecule has 0 aromatic carbocycles. The predicted octanol–water partition coefficient (Wildman–Crippen LogP) is 2.81. The zero-order valence-electron chi connectivity index (χ0n) is 13.6. The lowest BCUT2D eigenvalue weighted by Crippen LogP contribution is -2.42. The average molecular weight is 301 g/mol. The summed E-state index contributed by atoms with van der Waals surface area (Å²) < 4.78 is 0. The molecule has 5 nitrogen and oxygen atoms in total. The van der Waals surface area contributed by atoms with Gasteiger partial charge in [-0.3, -0.25) is 0 Å². The molecule has 120 valence electrons. The molecule has 4 N–H and O–H groups in total. The molecule has 5 heteroatoms. The minimum Gasteiger partial charge on any atom is -0.370 e. The summed E-state index contributed by atoms with van der Waals surface area (Å²) in [6.45, 7) is 5.95. The second kappa shape index (κ2) is 7.94. The smallest absolute Gasteiger partial charge is 0.125 e. The summed E-state index contributed by atoms with van der Waals surface area (Å²) in [4.78, 5) is 8.84. The monoisotopic (exact) mass is 301 g/mol. The number of pyridine rings is 1. The molecule has 0 radical (unpaired) electrons. The molecule has 0 fully saturated rings. The Morgan fingerprint density at radius 2 is 2.09 bits per heavy atom. The molecule has 1 aromatic rings. The van der Waals surface area contributed by atoms with Crippen LogP contribution in [0.5, 0.6) is 0 Å². The third-order valence-corrected chi connectivity index (χ3v) is 3.71. The van der Waals surface area contributed by atoms with Gasteiger partial charge in [-0.2, -0.15) is 0 Å². The fourth-order valence-corrected chi connectivity index (χ4v) is 2.42. The van der Waals surface area contributed by atoms with Gasteiger partial charge in [0.1, 0.15) is 11.6 Å². The highest BCUT2D eigenvalue weighted by Gasteiger charge is 2.23. The fraction of sp³-hybridized carbons (Fsp3) is 0.529. The second-order valence-corrected chi connectivity index (χ2v) is 5.87. The van der Waals surface area contributed by atoms with E-state index in [1.807, 2.05) is 18.5 Å². The topological polar surface area (TPSA) is 75.3 Å². The normalized spacial score (nSPS) is 20.6. The van der Waals surface area contributed by atoms with E-state index in [9.17, 15) is 0 Å². The SMILES string of the molecule is CCCNc1ccc(CNC2=CCC(N)(CCC)C=N2)cn1. The summed E-state index contributed by atoms with van der Waals surface area (Å²) in [6.07, 6.45) is 9.83. The van der Waals surface area contributed by atoms with Gasteiger partial charge >= 0.3 is 0 Å². The molecule has 1 unspecified atom stereocenters. The van der Waals surface area contributed by atoms with Gasteiger partial charge in [-0.25, -0.2) is 9.98 Å². The molecule has 1 aliphatic heterocycles. The first-order valence-corrected chi connectivity index (χ1v) is 8.12. The number of hydrogen-bond donors (Lipinski definition) is 3. The summed E-state index contributed by atoms with van der Waals surface area (Å²) in [7, 11) is 0. The van der Waals surface area contributed by atoms with E-state index in [1.54, 1.807) is 0 Å². The van der Waals surface area contributed by atoms with Crippen LogP contribution in [0.2, 0.25) is 0 Å². The molecule has 22 heavy (non-hydrogen) atoms. The highest BCUT2D eigenvalue weighted by molar-refractivity contribution is 5.72. The van der Waals surface area contributed by atoms with Crippen molar-refractivity contribution in [2.75, 3.05) is 11.9 Å². The standard InChI is InChI=1S/C17H27N5/c1-3-8-17(18)9-7-16(22-13-17)21-12-14-5-6-15(20-11-14)19-10-4-2/h5-7,11,13,21H,3-4,8-10,12,18H2,1-2H3,(H,19,20). The maximum absolute atomic E-state index is 6.26. The summed E-state index contributed by atoms with van der Waals surface area (Å²) in [6, 6.07) is 4.09. The van der Waals surface area contributed by atoms with Crippen molar-refractivity contribution >= 4 is 12.0 Å². The number of nitrogens with zero attached hydrogens (tertiary/aromatic N) is 2. The van der Waals surface area contributed by atoms with Crippen LogP contribution in [-0.4, -0.2) is 23.3 Å². The molecule has 1 atom stereocenters. The highest BCUT2D eigenvalue weighted by Crippen LogP contribution is 2.18. The van der Waals surface area contributed by atoms with Crippen LogP contribution in [0.4, 0.5) is 5.82 Å². The van der Waals surface area contributed by atoms with E-state index in [0.717, 1.165) is 56.0 Å². The van der Waals surface area contributed by atoms with Gasteiger partial charge in [0, 0.05) is 25.5 Å². The van der Waals surface area contributed by atoms with Crippen LogP contribution in [0.3, 0.4) is 0 Å². The Hall–Kier alpha value is -1.88. The van der Waals surface area contributed by atoms with Gasteiger partial charge in [0.05, 0.1) is 5.54 Å². The van der Waals surface area contributed by atoms with Crippen molar-refractivity contribution in [3.8, 4) is 0 Å². The van der Waals surface area contributed by atoms with Gasteiger partial charge in [0.15, 0.2) is 0 Å². The van der Waals surface area contributed by atoms with Crippen molar-refractivity contribution in [3.05, 3.63) is 35.8 Å². The van der Waals surface area contributed by atoms with Crippen molar-refractivity contribution in [2.24, 2.45) is 10.7 Å². The summed E-state index contributed by atoms with van der Waals surface area (Å²) in [5, 5.41) is 6.60. The molecule has 0 bridgehead atoms. The number of rotatable bonds is 8. The van der Waals surface area contributed by atoms with E-state index in [0.29, 0.717) is 0 Å². The molecule has 0 amide bonds. The van der Waals surface area contributed by atoms with E-state index in [-0.39, 0.29) is 5.54 Å². The molecule has 1 aromatic heterocycles. The number of aromatic nitrogens is 1. The molecular weight excluding hydrogens is 274 g/mol. The fourth-order valence-electron chi connectivity index (χ4n) is 2.42. The van der Waals surface area contributed by atoms with Crippen LogP contribution in [0.25, 0.3) is 0 Å². The lowest BCUT2D eigenvalue weighted by molar-refractivity contribution is 0.516. The zero-order chi connectivity index (χ0) is 15.8. The van der Waals surface area contributed by atoms with Gasteiger partial charge in [0.2, 0.25) is 0 Å². The first kappa shape index (κ1) is 16.5. The van der Waals surface area contributed by atoms with Gasteiger partial charge < -0.3 is 16.4 Å². The second-order valence-electron chi connectivity index (χ2n) is 5.87. The van der Waals surface area contributed by atoms with E-state index >= 15 is 0 Å². The minimum absolute atomic E-state index is 0.270. The Balaban J connectivity index is 1.81. The third-order valence-electron chi connectivity index (χ3n) is 3.71. The first-order chi connectivity index (χ1) is 10.6. The quantitative estimate of drug-likeness (QED) is 0.690. The molecule has 0 spiro atoms. The third kappa shape index (κ3) is 4.84. The summed E-state index contributed by atoms with van der Waals surface area (Å²) in [5.74, 6) is 1.82. The molecule has 0 saturated carbocycles. The molecule has 2 heterocycles. The van der Waals surface area contributed by atoms with Crippen LogP contribution in [0.15, 0.2) is 35.2 Å². The molecular formula is C17H27N5. The van der Waals surface area contributed by atoms with Crippen molar-refractivity contribution < 1.29 is 0 Å². The maximum Gasteiger partial charge on any atom is 0.125 e. The number of anilines is 1. The number of aliphatic imine (C=N–C) groups is 1. The zero-order valence-corrected chi connectivity index (χ0v) is 13.6.